The zero-order chi connectivity index (χ0) is 10.5. The predicted molar refractivity (Wildman–Crippen MR) is 65.6 cm³/mol. The molecule has 0 aliphatic carbocycles. The molecule has 3 nitrogen and oxygen atoms in total. The van der Waals surface area contributed by atoms with Gasteiger partial charge in [-0.25, -0.2) is 0 Å². The summed E-state index contributed by atoms with van der Waals surface area (Å²) in [5, 5.41) is 3.60. The molecule has 0 aromatic heterocycles. The highest BCUT2D eigenvalue weighted by molar-refractivity contribution is 7.99. The maximum absolute atomic E-state index is 5.38. The number of hydrogen-bond acceptors (Lipinski definition) is 4. The van der Waals surface area contributed by atoms with Crippen LogP contribution in [0.1, 0.15) is 12.8 Å². The summed E-state index contributed by atoms with van der Waals surface area (Å²) in [6.07, 6.45) is 2.92. The monoisotopic (exact) mass is 230 g/mol. The van der Waals surface area contributed by atoms with Crippen LogP contribution < -0.4 is 5.32 Å². The predicted octanol–water partition coefficient (Wildman–Crippen LogP) is 0.802. The van der Waals surface area contributed by atoms with E-state index < -0.39 is 0 Å². The van der Waals surface area contributed by atoms with E-state index in [1.54, 1.807) is 0 Å². The van der Waals surface area contributed by atoms with Crippen LogP contribution in [-0.4, -0.2) is 61.8 Å². The molecule has 0 spiro atoms. The minimum absolute atomic E-state index is 0.509. The summed E-state index contributed by atoms with van der Waals surface area (Å²) in [4.78, 5) is 2.58. The molecule has 0 radical (unpaired) electrons. The topological polar surface area (TPSA) is 24.5 Å². The van der Waals surface area contributed by atoms with E-state index in [4.69, 9.17) is 4.74 Å². The molecule has 0 saturated carbocycles. The van der Waals surface area contributed by atoms with Gasteiger partial charge in [0.05, 0.1) is 6.10 Å². The van der Waals surface area contributed by atoms with Crippen molar-refractivity contribution in [3.05, 3.63) is 0 Å². The van der Waals surface area contributed by atoms with Gasteiger partial charge in [0.2, 0.25) is 0 Å². The van der Waals surface area contributed by atoms with Crippen LogP contribution in [-0.2, 0) is 4.74 Å². The largest absolute Gasteiger partial charge is 0.381 e. The lowest BCUT2D eigenvalue weighted by Crippen LogP contribution is -2.48. The summed E-state index contributed by atoms with van der Waals surface area (Å²) in [5.41, 5.74) is 0. The highest BCUT2D eigenvalue weighted by Crippen LogP contribution is 2.15. The van der Waals surface area contributed by atoms with Crippen LogP contribution in [0.25, 0.3) is 0 Å². The second-order valence-corrected chi connectivity index (χ2v) is 5.61. The first-order valence-corrected chi connectivity index (χ1v) is 7.10. The third-order valence-electron chi connectivity index (χ3n) is 3.34. The van der Waals surface area contributed by atoms with Gasteiger partial charge in [-0.1, -0.05) is 0 Å². The fourth-order valence-corrected chi connectivity index (χ4v) is 3.31. The van der Waals surface area contributed by atoms with Crippen molar-refractivity contribution in [1.29, 1.82) is 0 Å². The summed E-state index contributed by atoms with van der Waals surface area (Å²) in [7, 11) is 1.83. The van der Waals surface area contributed by atoms with Crippen LogP contribution in [0, 0.1) is 0 Å². The number of nitrogens with one attached hydrogen (secondary N) is 1. The van der Waals surface area contributed by atoms with E-state index >= 15 is 0 Å². The Morgan fingerprint density at radius 2 is 2.20 bits per heavy atom. The van der Waals surface area contributed by atoms with Crippen molar-refractivity contribution < 1.29 is 4.74 Å². The van der Waals surface area contributed by atoms with Crippen LogP contribution >= 0.6 is 11.8 Å². The average Bonchev–Trinajstić information content (AvgIpc) is 2.31. The SMILES string of the molecule is COC1CCN(CC2CSCCN2)CC1. The fourth-order valence-electron chi connectivity index (χ4n) is 2.38. The first kappa shape index (κ1) is 11.7. The third kappa shape index (κ3) is 3.63. The third-order valence-corrected chi connectivity index (χ3v) is 4.48. The first-order valence-electron chi connectivity index (χ1n) is 5.95. The molecule has 2 fully saturated rings. The molecule has 88 valence electrons. The number of piperidine rings is 1. The van der Waals surface area contributed by atoms with Gasteiger partial charge in [-0.3, -0.25) is 0 Å². The summed E-state index contributed by atoms with van der Waals surface area (Å²) in [6.45, 7) is 4.83. The van der Waals surface area contributed by atoms with Crippen LogP contribution in [0.2, 0.25) is 0 Å². The van der Waals surface area contributed by atoms with E-state index in [9.17, 15) is 0 Å². The molecule has 2 rings (SSSR count). The molecule has 0 aromatic rings. The van der Waals surface area contributed by atoms with Gasteiger partial charge in [0.25, 0.3) is 0 Å². The second kappa shape index (κ2) is 6.09. The summed E-state index contributed by atoms with van der Waals surface area (Å²) in [6, 6.07) is 0.711. The standard InChI is InChI=1S/C11H22N2OS/c1-14-11-2-5-13(6-3-11)8-10-9-15-7-4-12-10/h10-12H,2-9H2,1H3. The number of rotatable bonds is 3. The molecule has 4 heteroatoms. The number of hydrogen-bond donors (Lipinski definition) is 1. The Bertz CT molecular complexity index is 177. The van der Waals surface area contributed by atoms with E-state index in [-0.39, 0.29) is 0 Å². The van der Waals surface area contributed by atoms with Crippen molar-refractivity contribution in [2.45, 2.75) is 25.0 Å². The lowest BCUT2D eigenvalue weighted by molar-refractivity contribution is 0.0391. The Morgan fingerprint density at radius 3 is 2.80 bits per heavy atom. The zero-order valence-electron chi connectivity index (χ0n) is 9.58. The minimum atomic E-state index is 0.509. The zero-order valence-corrected chi connectivity index (χ0v) is 10.4. The van der Waals surface area contributed by atoms with E-state index in [1.165, 1.54) is 50.5 Å². The van der Waals surface area contributed by atoms with Crippen molar-refractivity contribution in [2.75, 3.05) is 44.8 Å². The molecule has 1 N–H and O–H groups in total. The van der Waals surface area contributed by atoms with Crippen molar-refractivity contribution in [3.63, 3.8) is 0 Å². The lowest BCUT2D eigenvalue weighted by Gasteiger charge is -2.35. The molecule has 15 heavy (non-hydrogen) atoms. The Balaban J connectivity index is 1.67. The Morgan fingerprint density at radius 1 is 1.40 bits per heavy atom. The molecular weight excluding hydrogens is 208 g/mol. The molecule has 0 aromatic carbocycles. The van der Waals surface area contributed by atoms with Crippen LogP contribution in [0.15, 0.2) is 0 Å². The molecule has 0 amide bonds. The normalized spacial score (nSPS) is 30.6. The van der Waals surface area contributed by atoms with Crippen LogP contribution in [0.4, 0.5) is 0 Å². The Kier molecular flexibility index (Phi) is 4.75. The number of ether oxygens (including phenoxy) is 1. The average molecular weight is 230 g/mol. The minimum Gasteiger partial charge on any atom is -0.381 e. The van der Waals surface area contributed by atoms with E-state index in [1.807, 2.05) is 7.11 Å². The first-order chi connectivity index (χ1) is 7.38. The van der Waals surface area contributed by atoms with Gasteiger partial charge in [-0.05, 0) is 12.8 Å². The maximum Gasteiger partial charge on any atom is 0.0595 e. The van der Waals surface area contributed by atoms with Gasteiger partial charge in [-0.15, -0.1) is 0 Å². The van der Waals surface area contributed by atoms with Gasteiger partial charge in [0, 0.05) is 50.8 Å². The van der Waals surface area contributed by atoms with Gasteiger partial charge in [0.1, 0.15) is 0 Å². The lowest BCUT2D eigenvalue weighted by atomic mass is 10.1. The number of methoxy groups -OCH3 is 1. The van der Waals surface area contributed by atoms with Gasteiger partial charge < -0.3 is 15.0 Å². The number of thioether (sulfide) groups is 1. The van der Waals surface area contributed by atoms with Crippen molar-refractivity contribution in [3.8, 4) is 0 Å². The molecule has 1 atom stereocenters. The number of likely N-dealkylation sites (tertiary alicyclic amines) is 1. The van der Waals surface area contributed by atoms with Crippen molar-refractivity contribution in [1.82, 2.24) is 10.2 Å². The fraction of sp³-hybridized carbons (Fsp3) is 1.00. The Hall–Kier alpha value is 0.230. The number of nitrogens with zero attached hydrogens (tertiary/aromatic N) is 1. The highest BCUT2D eigenvalue weighted by atomic mass is 32.2. The molecule has 2 heterocycles. The summed E-state index contributed by atoms with van der Waals surface area (Å²) >= 11 is 2.08. The van der Waals surface area contributed by atoms with Crippen molar-refractivity contribution >= 4 is 11.8 Å². The summed E-state index contributed by atoms with van der Waals surface area (Å²) in [5.74, 6) is 2.56. The van der Waals surface area contributed by atoms with Gasteiger partial charge >= 0.3 is 0 Å². The van der Waals surface area contributed by atoms with Gasteiger partial charge in [-0.2, -0.15) is 11.8 Å². The smallest absolute Gasteiger partial charge is 0.0595 e. The molecule has 2 saturated heterocycles. The van der Waals surface area contributed by atoms with Crippen molar-refractivity contribution in [2.24, 2.45) is 0 Å². The quantitative estimate of drug-likeness (QED) is 0.775. The molecule has 0 bridgehead atoms. The van der Waals surface area contributed by atoms with E-state index in [2.05, 4.69) is 22.0 Å². The van der Waals surface area contributed by atoms with E-state index in [0.29, 0.717) is 12.1 Å². The Labute approximate surface area is 96.9 Å². The molecule has 2 aliphatic rings. The molecular formula is C11H22N2OS. The van der Waals surface area contributed by atoms with E-state index in [0.717, 1.165) is 0 Å². The van der Waals surface area contributed by atoms with Gasteiger partial charge in [0.15, 0.2) is 0 Å². The van der Waals surface area contributed by atoms with Crippen LogP contribution in [0.5, 0.6) is 0 Å². The maximum atomic E-state index is 5.38. The molecule has 2 aliphatic heterocycles. The second-order valence-electron chi connectivity index (χ2n) is 4.46. The van der Waals surface area contributed by atoms with Crippen LogP contribution in [0.3, 0.4) is 0 Å². The molecule has 1 unspecified atom stereocenters. The highest BCUT2D eigenvalue weighted by Gasteiger charge is 2.22. The summed E-state index contributed by atoms with van der Waals surface area (Å²) < 4.78 is 5.38.